The second-order valence-corrected chi connectivity index (χ2v) is 3.25. The van der Waals surface area contributed by atoms with E-state index in [-0.39, 0.29) is 0 Å². The monoisotopic (exact) mass is 193 g/mol. The minimum absolute atomic E-state index is 0.473. The van der Waals surface area contributed by atoms with Crippen molar-refractivity contribution in [2.75, 3.05) is 6.54 Å². The first-order valence-electron chi connectivity index (χ1n) is 4.70. The van der Waals surface area contributed by atoms with E-state index in [1.165, 1.54) is 5.56 Å². The van der Waals surface area contributed by atoms with Gasteiger partial charge in [-0.15, -0.1) is 0 Å². The van der Waals surface area contributed by atoms with Gasteiger partial charge in [0.05, 0.1) is 0 Å². The molecule has 0 heterocycles. The van der Waals surface area contributed by atoms with Gasteiger partial charge in [-0.2, -0.15) is 0 Å². The van der Waals surface area contributed by atoms with Crippen LogP contribution in [0.25, 0.3) is 0 Å². The van der Waals surface area contributed by atoms with Gasteiger partial charge in [-0.1, -0.05) is 30.3 Å². The van der Waals surface area contributed by atoms with Crippen LogP contribution in [0.4, 0.5) is 0 Å². The van der Waals surface area contributed by atoms with Gasteiger partial charge in [0.15, 0.2) is 0 Å². The van der Waals surface area contributed by atoms with Crippen LogP contribution in [0, 0.1) is 0 Å². The maximum Gasteiger partial charge on any atom is 0.320 e. The van der Waals surface area contributed by atoms with Crippen LogP contribution in [0.2, 0.25) is 0 Å². The van der Waals surface area contributed by atoms with Crippen LogP contribution in [0.3, 0.4) is 0 Å². The van der Waals surface area contributed by atoms with Crippen molar-refractivity contribution >= 4 is 5.97 Å². The van der Waals surface area contributed by atoms with Gasteiger partial charge >= 0.3 is 5.97 Å². The number of carboxylic acid groups (broad SMARTS) is 1. The summed E-state index contributed by atoms with van der Waals surface area (Å²) in [6, 6.07) is 9.53. The second-order valence-electron chi connectivity index (χ2n) is 3.25. The molecule has 14 heavy (non-hydrogen) atoms. The fourth-order valence-electron chi connectivity index (χ4n) is 1.17. The predicted octanol–water partition coefficient (Wildman–Crippen LogP) is 1.29. The molecule has 0 radical (unpaired) electrons. The standard InChI is InChI=1S/C11H15NO2/c1-9(11(13)14)12-8-7-10-5-3-2-4-6-10/h2-6,9,12H,7-8H2,1H3,(H,13,14)/t9-/m0/s1. The highest BCUT2D eigenvalue weighted by Gasteiger charge is 2.08. The van der Waals surface area contributed by atoms with E-state index in [9.17, 15) is 4.79 Å². The summed E-state index contributed by atoms with van der Waals surface area (Å²) >= 11 is 0. The minimum Gasteiger partial charge on any atom is -0.480 e. The first kappa shape index (κ1) is 10.7. The van der Waals surface area contributed by atoms with Crippen molar-refractivity contribution in [1.82, 2.24) is 5.32 Å². The molecule has 1 aromatic rings. The van der Waals surface area contributed by atoms with E-state index in [0.29, 0.717) is 6.54 Å². The number of aliphatic carboxylic acids is 1. The molecule has 1 aromatic carbocycles. The summed E-state index contributed by atoms with van der Waals surface area (Å²) in [5.74, 6) is -0.807. The number of carbonyl (C=O) groups is 1. The minimum atomic E-state index is -0.807. The van der Waals surface area contributed by atoms with E-state index in [2.05, 4.69) is 5.32 Å². The van der Waals surface area contributed by atoms with Crippen LogP contribution in [0.1, 0.15) is 12.5 Å². The first-order valence-corrected chi connectivity index (χ1v) is 4.70. The normalized spacial score (nSPS) is 12.4. The number of carboxylic acids is 1. The molecule has 0 fully saturated rings. The second kappa shape index (κ2) is 5.40. The van der Waals surface area contributed by atoms with E-state index >= 15 is 0 Å². The van der Waals surface area contributed by atoms with Gasteiger partial charge in [-0.05, 0) is 25.5 Å². The largest absolute Gasteiger partial charge is 0.480 e. The zero-order chi connectivity index (χ0) is 10.4. The van der Waals surface area contributed by atoms with Crippen molar-refractivity contribution in [1.29, 1.82) is 0 Å². The summed E-state index contributed by atoms with van der Waals surface area (Å²) in [7, 11) is 0. The molecule has 0 unspecified atom stereocenters. The van der Waals surface area contributed by atoms with Gasteiger partial charge in [0.1, 0.15) is 6.04 Å². The van der Waals surface area contributed by atoms with Crippen LogP contribution in [0.15, 0.2) is 30.3 Å². The van der Waals surface area contributed by atoms with Gasteiger partial charge < -0.3 is 10.4 Å². The molecule has 0 aliphatic rings. The molecular formula is C11H15NO2. The van der Waals surface area contributed by atoms with Crippen LogP contribution >= 0.6 is 0 Å². The summed E-state index contributed by atoms with van der Waals surface area (Å²) < 4.78 is 0. The van der Waals surface area contributed by atoms with Crippen LogP contribution in [-0.2, 0) is 11.2 Å². The smallest absolute Gasteiger partial charge is 0.320 e. The number of nitrogens with one attached hydrogen (secondary N) is 1. The molecule has 0 saturated heterocycles. The van der Waals surface area contributed by atoms with E-state index in [1.54, 1.807) is 6.92 Å². The Labute approximate surface area is 83.8 Å². The van der Waals surface area contributed by atoms with E-state index < -0.39 is 12.0 Å². The molecule has 1 atom stereocenters. The number of hydrogen-bond donors (Lipinski definition) is 2. The fourth-order valence-corrected chi connectivity index (χ4v) is 1.17. The zero-order valence-electron chi connectivity index (χ0n) is 8.23. The number of benzene rings is 1. The Morgan fingerprint density at radius 3 is 2.64 bits per heavy atom. The van der Waals surface area contributed by atoms with E-state index in [0.717, 1.165) is 6.42 Å². The highest BCUT2D eigenvalue weighted by atomic mass is 16.4. The van der Waals surface area contributed by atoms with Crippen molar-refractivity contribution in [3.05, 3.63) is 35.9 Å². The van der Waals surface area contributed by atoms with Crippen molar-refractivity contribution < 1.29 is 9.90 Å². The maximum atomic E-state index is 10.5. The topological polar surface area (TPSA) is 49.3 Å². The van der Waals surface area contributed by atoms with Gasteiger partial charge in [-0.25, -0.2) is 0 Å². The highest BCUT2D eigenvalue weighted by molar-refractivity contribution is 5.72. The average Bonchev–Trinajstić information content (AvgIpc) is 2.19. The Kier molecular flexibility index (Phi) is 4.13. The molecule has 2 N–H and O–H groups in total. The summed E-state index contributed by atoms with van der Waals surface area (Å²) in [4.78, 5) is 10.5. The number of hydrogen-bond acceptors (Lipinski definition) is 2. The SMILES string of the molecule is C[C@H](NCCc1ccccc1)C(=O)O. The molecule has 1 rings (SSSR count). The lowest BCUT2D eigenvalue weighted by Gasteiger charge is -2.08. The third-order valence-corrected chi connectivity index (χ3v) is 2.08. The highest BCUT2D eigenvalue weighted by Crippen LogP contribution is 1.98. The van der Waals surface area contributed by atoms with Crippen molar-refractivity contribution in [3.63, 3.8) is 0 Å². The Balaban J connectivity index is 2.26. The average molecular weight is 193 g/mol. The molecule has 3 nitrogen and oxygen atoms in total. The lowest BCUT2D eigenvalue weighted by atomic mass is 10.1. The Hall–Kier alpha value is -1.35. The van der Waals surface area contributed by atoms with Crippen LogP contribution in [0.5, 0.6) is 0 Å². The van der Waals surface area contributed by atoms with Gasteiger partial charge in [-0.3, -0.25) is 4.79 Å². The zero-order valence-corrected chi connectivity index (χ0v) is 8.23. The summed E-state index contributed by atoms with van der Waals surface area (Å²) in [5, 5.41) is 11.5. The summed E-state index contributed by atoms with van der Waals surface area (Å²) in [5.41, 5.74) is 1.22. The van der Waals surface area contributed by atoms with E-state index in [4.69, 9.17) is 5.11 Å². The Morgan fingerprint density at radius 1 is 1.43 bits per heavy atom. The van der Waals surface area contributed by atoms with E-state index in [1.807, 2.05) is 30.3 Å². The Morgan fingerprint density at radius 2 is 2.07 bits per heavy atom. The molecule has 0 aromatic heterocycles. The number of rotatable bonds is 5. The summed E-state index contributed by atoms with van der Waals surface area (Å²) in [6.07, 6.45) is 0.860. The van der Waals surface area contributed by atoms with Crippen molar-refractivity contribution in [2.45, 2.75) is 19.4 Å². The summed E-state index contributed by atoms with van der Waals surface area (Å²) in [6.45, 7) is 2.34. The van der Waals surface area contributed by atoms with Crippen molar-refractivity contribution in [2.24, 2.45) is 0 Å². The molecule has 0 spiro atoms. The predicted molar refractivity (Wildman–Crippen MR) is 55.2 cm³/mol. The molecule has 0 aliphatic carbocycles. The van der Waals surface area contributed by atoms with Gasteiger partial charge in [0.2, 0.25) is 0 Å². The third kappa shape index (κ3) is 3.58. The lowest BCUT2D eigenvalue weighted by Crippen LogP contribution is -2.34. The Bertz CT molecular complexity index is 285. The molecule has 0 bridgehead atoms. The third-order valence-electron chi connectivity index (χ3n) is 2.08. The van der Waals surface area contributed by atoms with Gasteiger partial charge in [0.25, 0.3) is 0 Å². The maximum absolute atomic E-state index is 10.5. The molecule has 0 saturated carbocycles. The first-order chi connectivity index (χ1) is 6.70. The molecular weight excluding hydrogens is 178 g/mol. The molecule has 3 heteroatoms. The van der Waals surface area contributed by atoms with Gasteiger partial charge in [0, 0.05) is 0 Å². The van der Waals surface area contributed by atoms with Crippen molar-refractivity contribution in [3.8, 4) is 0 Å². The van der Waals surface area contributed by atoms with Crippen LogP contribution in [-0.4, -0.2) is 23.7 Å². The molecule has 0 amide bonds. The molecule has 0 aliphatic heterocycles. The lowest BCUT2D eigenvalue weighted by molar-refractivity contribution is -0.138. The fraction of sp³-hybridized carbons (Fsp3) is 0.364. The quantitative estimate of drug-likeness (QED) is 0.741. The molecule has 76 valence electrons. The van der Waals surface area contributed by atoms with Crippen LogP contribution < -0.4 is 5.32 Å².